The average molecular weight is 255 g/mol. The van der Waals surface area contributed by atoms with Crippen LogP contribution in [0.4, 0.5) is 8.78 Å². The monoisotopic (exact) mass is 255 g/mol. The molecule has 1 fully saturated rings. The Hall–Kier alpha value is -1.00. The third kappa shape index (κ3) is 2.27. The maximum Gasteiger partial charge on any atom is 0.126 e. The van der Waals surface area contributed by atoms with E-state index in [0.717, 1.165) is 31.7 Å². The van der Waals surface area contributed by atoms with Crippen molar-refractivity contribution in [1.82, 2.24) is 4.90 Å². The molecule has 18 heavy (non-hydrogen) atoms. The summed E-state index contributed by atoms with van der Waals surface area (Å²) >= 11 is 0. The highest BCUT2D eigenvalue weighted by Gasteiger charge is 2.43. The van der Waals surface area contributed by atoms with E-state index in [2.05, 4.69) is 0 Å². The second kappa shape index (κ2) is 4.94. The number of aliphatic hydroxyl groups is 1. The number of likely N-dealkylation sites (N-methyl/N-ethyl adjacent to an activating group) is 1. The smallest absolute Gasteiger partial charge is 0.126 e. The molecule has 2 rings (SSSR count). The molecule has 1 saturated carbocycles. The van der Waals surface area contributed by atoms with Gasteiger partial charge in [0, 0.05) is 6.07 Å². The van der Waals surface area contributed by atoms with Crippen LogP contribution in [-0.4, -0.2) is 29.6 Å². The van der Waals surface area contributed by atoms with Gasteiger partial charge in [0.15, 0.2) is 0 Å². The second-order valence-corrected chi connectivity index (χ2v) is 5.31. The number of benzene rings is 1. The quantitative estimate of drug-likeness (QED) is 0.897. The van der Waals surface area contributed by atoms with Gasteiger partial charge in [-0.2, -0.15) is 0 Å². The highest BCUT2D eigenvalue weighted by molar-refractivity contribution is 5.24. The average Bonchev–Trinajstić information content (AvgIpc) is 2.76. The summed E-state index contributed by atoms with van der Waals surface area (Å²) in [7, 11) is 3.81. The molecule has 0 amide bonds. The lowest BCUT2D eigenvalue weighted by Crippen LogP contribution is -2.47. The fourth-order valence-electron chi connectivity index (χ4n) is 3.00. The Morgan fingerprint density at radius 3 is 2.06 bits per heavy atom. The zero-order valence-corrected chi connectivity index (χ0v) is 10.8. The van der Waals surface area contributed by atoms with E-state index in [1.165, 1.54) is 12.1 Å². The molecule has 1 aliphatic carbocycles. The Balaban J connectivity index is 2.36. The van der Waals surface area contributed by atoms with Crippen LogP contribution < -0.4 is 0 Å². The zero-order chi connectivity index (χ0) is 13.3. The number of halogens is 2. The molecule has 0 bridgehead atoms. The van der Waals surface area contributed by atoms with Gasteiger partial charge < -0.3 is 10.0 Å². The van der Waals surface area contributed by atoms with Crippen molar-refractivity contribution < 1.29 is 13.9 Å². The molecule has 1 aliphatic rings. The minimum atomic E-state index is -0.861. The lowest BCUT2D eigenvalue weighted by molar-refractivity contribution is -0.00507. The Kier molecular flexibility index (Phi) is 3.69. The summed E-state index contributed by atoms with van der Waals surface area (Å²) in [5.74, 6) is -1.29. The summed E-state index contributed by atoms with van der Waals surface area (Å²) in [5.41, 5.74) is -0.0802. The summed E-state index contributed by atoms with van der Waals surface area (Å²) in [6.45, 7) is 0. The molecular weight excluding hydrogens is 236 g/mol. The van der Waals surface area contributed by atoms with Gasteiger partial charge in [-0.3, -0.25) is 0 Å². The predicted molar refractivity (Wildman–Crippen MR) is 66.2 cm³/mol. The lowest BCUT2D eigenvalue weighted by Gasteiger charge is -2.40. The van der Waals surface area contributed by atoms with Gasteiger partial charge in [0.2, 0.25) is 0 Å². The number of aliphatic hydroxyl groups excluding tert-OH is 1. The van der Waals surface area contributed by atoms with E-state index < -0.39 is 23.3 Å². The van der Waals surface area contributed by atoms with Crippen molar-refractivity contribution in [2.24, 2.45) is 0 Å². The molecule has 1 aromatic carbocycles. The first-order chi connectivity index (χ1) is 8.45. The number of hydrogen-bond acceptors (Lipinski definition) is 2. The van der Waals surface area contributed by atoms with Crippen LogP contribution in [0.5, 0.6) is 0 Å². The first kappa shape index (κ1) is 13.4. The molecule has 0 saturated heterocycles. The van der Waals surface area contributed by atoms with E-state index >= 15 is 0 Å². The van der Waals surface area contributed by atoms with E-state index in [1.54, 1.807) is 0 Å². The molecule has 1 unspecified atom stereocenters. The van der Waals surface area contributed by atoms with Crippen molar-refractivity contribution in [2.45, 2.75) is 37.3 Å². The molecule has 0 aliphatic heterocycles. The Morgan fingerprint density at radius 2 is 1.61 bits per heavy atom. The molecule has 1 aromatic rings. The van der Waals surface area contributed by atoms with Gasteiger partial charge in [-0.1, -0.05) is 12.8 Å². The molecule has 4 heteroatoms. The summed E-state index contributed by atoms with van der Waals surface area (Å²) < 4.78 is 26.5. The summed E-state index contributed by atoms with van der Waals surface area (Å²) in [6, 6.07) is 3.27. The molecule has 2 nitrogen and oxygen atoms in total. The van der Waals surface area contributed by atoms with Crippen molar-refractivity contribution in [3.8, 4) is 0 Å². The fraction of sp³-hybridized carbons (Fsp3) is 0.571. The molecule has 100 valence electrons. The number of rotatable bonds is 3. The van der Waals surface area contributed by atoms with Crippen molar-refractivity contribution in [3.05, 3.63) is 35.4 Å². The number of nitrogens with zero attached hydrogens (tertiary/aromatic N) is 1. The van der Waals surface area contributed by atoms with Crippen LogP contribution >= 0.6 is 0 Å². The Bertz CT molecular complexity index is 408. The van der Waals surface area contributed by atoms with Crippen LogP contribution in [0.2, 0.25) is 0 Å². The third-order valence-corrected chi connectivity index (χ3v) is 4.07. The van der Waals surface area contributed by atoms with Crippen LogP contribution in [0, 0.1) is 11.6 Å². The zero-order valence-electron chi connectivity index (χ0n) is 10.8. The first-order valence-electron chi connectivity index (χ1n) is 6.27. The SMILES string of the molecule is CN(C)C1(C(O)c2cc(F)cc(F)c2)CCCC1. The summed E-state index contributed by atoms with van der Waals surface area (Å²) in [5, 5.41) is 10.5. The molecule has 0 aromatic heterocycles. The van der Waals surface area contributed by atoms with Crippen LogP contribution in [-0.2, 0) is 0 Å². The van der Waals surface area contributed by atoms with Gasteiger partial charge >= 0.3 is 0 Å². The van der Waals surface area contributed by atoms with Crippen LogP contribution in [0.3, 0.4) is 0 Å². The molecule has 0 heterocycles. The molecule has 0 radical (unpaired) electrons. The van der Waals surface area contributed by atoms with Crippen LogP contribution in [0.25, 0.3) is 0 Å². The van der Waals surface area contributed by atoms with Crippen molar-refractivity contribution in [3.63, 3.8) is 0 Å². The van der Waals surface area contributed by atoms with E-state index in [0.29, 0.717) is 5.56 Å². The fourth-order valence-corrected chi connectivity index (χ4v) is 3.00. The summed E-state index contributed by atoms with van der Waals surface area (Å²) in [4.78, 5) is 1.98. The molecule has 0 spiro atoms. The van der Waals surface area contributed by atoms with E-state index in [9.17, 15) is 13.9 Å². The standard InChI is InChI=1S/C14H19F2NO/c1-17(2)14(5-3-4-6-14)13(18)10-7-11(15)9-12(16)8-10/h7-9,13,18H,3-6H2,1-2H3. The highest BCUT2D eigenvalue weighted by atomic mass is 19.1. The van der Waals surface area contributed by atoms with Crippen molar-refractivity contribution in [2.75, 3.05) is 14.1 Å². The third-order valence-electron chi connectivity index (χ3n) is 4.07. The van der Waals surface area contributed by atoms with Crippen LogP contribution in [0.1, 0.15) is 37.4 Å². The van der Waals surface area contributed by atoms with Gasteiger partial charge in [-0.05, 0) is 44.6 Å². The molecule has 1 N–H and O–H groups in total. The maximum absolute atomic E-state index is 13.2. The Labute approximate surface area is 106 Å². The largest absolute Gasteiger partial charge is 0.386 e. The van der Waals surface area contributed by atoms with E-state index in [1.807, 2.05) is 19.0 Å². The van der Waals surface area contributed by atoms with Gasteiger partial charge in [0.1, 0.15) is 11.6 Å². The van der Waals surface area contributed by atoms with E-state index in [4.69, 9.17) is 0 Å². The number of hydrogen-bond donors (Lipinski definition) is 1. The normalized spacial score (nSPS) is 20.3. The van der Waals surface area contributed by atoms with E-state index in [-0.39, 0.29) is 0 Å². The van der Waals surface area contributed by atoms with Gasteiger partial charge in [-0.15, -0.1) is 0 Å². The van der Waals surface area contributed by atoms with Gasteiger partial charge in [-0.25, -0.2) is 8.78 Å². The second-order valence-electron chi connectivity index (χ2n) is 5.31. The minimum Gasteiger partial charge on any atom is -0.386 e. The maximum atomic E-state index is 13.2. The molecule has 1 atom stereocenters. The van der Waals surface area contributed by atoms with Crippen molar-refractivity contribution >= 4 is 0 Å². The van der Waals surface area contributed by atoms with Gasteiger partial charge in [0.25, 0.3) is 0 Å². The predicted octanol–water partition coefficient (Wildman–Crippen LogP) is 2.87. The van der Waals surface area contributed by atoms with Crippen molar-refractivity contribution in [1.29, 1.82) is 0 Å². The highest BCUT2D eigenvalue weighted by Crippen LogP contribution is 2.43. The van der Waals surface area contributed by atoms with Crippen LogP contribution in [0.15, 0.2) is 18.2 Å². The van der Waals surface area contributed by atoms with Gasteiger partial charge in [0.05, 0.1) is 11.6 Å². The molecular formula is C14H19F2NO. The lowest BCUT2D eigenvalue weighted by atomic mass is 9.84. The Morgan fingerprint density at radius 1 is 1.11 bits per heavy atom. The topological polar surface area (TPSA) is 23.5 Å². The summed E-state index contributed by atoms with van der Waals surface area (Å²) in [6.07, 6.45) is 2.90. The minimum absolute atomic E-state index is 0.322. The first-order valence-corrected chi connectivity index (χ1v) is 6.27.